The molecule has 1 aromatic heterocycles. The highest BCUT2D eigenvalue weighted by Crippen LogP contribution is 2.03. The second kappa shape index (κ2) is 4.77. The van der Waals surface area contributed by atoms with E-state index in [1.165, 1.54) is 0 Å². The van der Waals surface area contributed by atoms with Gasteiger partial charge >= 0.3 is 0 Å². The molecule has 0 saturated heterocycles. The molecule has 72 valence electrons. The van der Waals surface area contributed by atoms with Crippen LogP contribution in [0.1, 0.15) is 18.9 Å². The van der Waals surface area contributed by atoms with E-state index in [-0.39, 0.29) is 6.10 Å². The maximum atomic E-state index is 9.28. The van der Waals surface area contributed by atoms with Crippen LogP contribution in [0.15, 0.2) is 12.3 Å². The fourth-order valence-electron chi connectivity index (χ4n) is 0.917. The summed E-state index contributed by atoms with van der Waals surface area (Å²) in [5.74, 6) is 0.715. The largest absolute Gasteiger partial charge is 0.391 e. The molecule has 13 heavy (non-hydrogen) atoms. The summed E-state index contributed by atoms with van der Waals surface area (Å²) in [4.78, 5) is 0. The summed E-state index contributed by atoms with van der Waals surface area (Å²) >= 11 is 0. The predicted octanol–water partition coefficient (Wildman–Crippen LogP) is 0.968. The third-order valence-electron chi connectivity index (χ3n) is 1.78. The van der Waals surface area contributed by atoms with Crippen molar-refractivity contribution < 1.29 is 5.11 Å². The lowest BCUT2D eigenvalue weighted by Crippen LogP contribution is -2.18. The molecule has 1 rings (SSSR count). The highest BCUT2D eigenvalue weighted by atomic mass is 16.3. The molecule has 0 bridgehead atoms. The lowest BCUT2D eigenvalue weighted by molar-refractivity contribution is 0.183. The predicted molar refractivity (Wildman–Crippen MR) is 51.6 cm³/mol. The van der Waals surface area contributed by atoms with E-state index in [4.69, 9.17) is 0 Å². The molecule has 0 aliphatic carbocycles. The number of aromatic nitrogens is 2. The molecule has 4 heteroatoms. The Kier molecular flexibility index (Phi) is 3.64. The number of hydrogen-bond donors (Lipinski definition) is 2. The first-order valence-corrected chi connectivity index (χ1v) is 4.43. The minimum Gasteiger partial charge on any atom is -0.391 e. The minimum atomic E-state index is -0.317. The average molecular weight is 181 g/mol. The number of aryl methyl sites for hydroxylation is 1. The summed E-state index contributed by atoms with van der Waals surface area (Å²) in [7, 11) is 0. The fraction of sp³-hybridized carbons (Fsp3) is 0.556. The Balaban J connectivity index is 2.45. The number of anilines is 1. The van der Waals surface area contributed by atoms with Gasteiger partial charge < -0.3 is 10.4 Å². The van der Waals surface area contributed by atoms with Crippen LogP contribution in [-0.2, 0) is 0 Å². The lowest BCUT2D eigenvalue weighted by atomic mass is 10.3. The normalized spacial score (nSPS) is 12.5. The smallest absolute Gasteiger partial charge is 0.148 e. The van der Waals surface area contributed by atoms with E-state index in [0.29, 0.717) is 12.4 Å². The summed E-state index contributed by atoms with van der Waals surface area (Å²) in [6.07, 6.45) is 2.12. The van der Waals surface area contributed by atoms with Gasteiger partial charge in [-0.3, -0.25) is 0 Å². The van der Waals surface area contributed by atoms with Crippen LogP contribution in [0, 0.1) is 6.92 Å². The summed E-state index contributed by atoms with van der Waals surface area (Å²) in [6.45, 7) is 4.42. The van der Waals surface area contributed by atoms with Gasteiger partial charge in [0, 0.05) is 6.54 Å². The van der Waals surface area contributed by atoms with Crippen LogP contribution in [0.25, 0.3) is 0 Å². The van der Waals surface area contributed by atoms with Crippen molar-refractivity contribution in [1.82, 2.24) is 10.2 Å². The van der Waals surface area contributed by atoms with E-state index in [9.17, 15) is 5.11 Å². The van der Waals surface area contributed by atoms with Gasteiger partial charge in [-0.15, -0.1) is 5.10 Å². The molecule has 2 N–H and O–H groups in total. The van der Waals surface area contributed by atoms with Crippen molar-refractivity contribution in [2.24, 2.45) is 0 Å². The number of aliphatic hydroxyl groups excluding tert-OH is 1. The molecule has 0 radical (unpaired) electrons. The van der Waals surface area contributed by atoms with Crippen LogP contribution < -0.4 is 5.32 Å². The van der Waals surface area contributed by atoms with E-state index < -0.39 is 0 Å². The Morgan fingerprint density at radius 3 is 3.00 bits per heavy atom. The van der Waals surface area contributed by atoms with Gasteiger partial charge in [0.1, 0.15) is 5.82 Å². The second-order valence-electron chi connectivity index (χ2n) is 3.06. The zero-order valence-corrected chi connectivity index (χ0v) is 7.99. The van der Waals surface area contributed by atoms with Crippen molar-refractivity contribution >= 4 is 5.82 Å². The third-order valence-corrected chi connectivity index (χ3v) is 1.78. The SMILES string of the molecule is CCC(O)CNc1cc(C)cnn1. The van der Waals surface area contributed by atoms with Crippen molar-refractivity contribution in [1.29, 1.82) is 0 Å². The van der Waals surface area contributed by atoms with Gasteiger partial charge in [0.2, 0.25) is 0 Å². The number of rotatable bonds is 4. The van der Waals surface area contributed by atoms with Gasteiger partial charge in [-0.2, -0.15) is 5.10 Å². The van der Waals surface area contributed by atoms with Crippen molar-refractivity contribution in [2.45, 2.75) is 26.4 Å². The maximum Gasteiger partial charge on any atom is 0.148 e. The van der Waals surface area contributed by atoms with Crippen LogP contribution in [0.4, 0.5) is 5.82 Å². The van der Waals surface area contributed by atoms with E-state index in [2.05, 4.69) is 15.5 Å². The van der Waals surface area contributed by atoms with Gasteiger partial charge in [0.15, 0.2) is 0 Å². The fourth-order valence-corrected chi connectivity index (χ4v) is 0.917. The molecule has 0 aromatic carbocycles. The topological polar surface area (TPSA) is 58.0 Å². The van der Waals surface area contributed by atoms with Crippen molar-refractivity contribution in [3.63, 3.8) is 0 Å². The summed E-state index contributed by atoms with van der Waals surface area (Å²) in [6, 6.07) is 1.90. The maximum absolute atomic E-state index is 9.28. The highest BCUT2D eigenvalue weighted by Gasteiger charge is 2.00. The molecule has 1 unspecified atom stereocenters. The van der Waals surface area contributed by atoms with Gasteiger partial charge in [-0.05, 0) is 25.0 Å². The van der Waals surface area contributed by atoms with Crippen molar-refractivity contribution in [3.8, 4) is 0 Å². The van der Waals surface area contributed by atoms with Crippen molar-refractivity contribution in [2.75, 3.05) is 11.9 Å². The molecule has 0 spiro atoms. The van der Waals surface area contributed by atoms with Gasteiger partial charge in [-0.25, -0.2) is 0 Å². The molecular formula is C9H15N3O. The minimum absolute atomic E-state index is 0.317. The zero-order chi connectivity index (χ0) is 9.68. The first kappa shape index (κ1) is 9.92. The zero-order valence-electron chi connectivity index (χ0n) is 7.99. The number of nitrogens with zero attached hydrogens (tertiary/aromatic N) is 2. The Hall–Kier alpha value is -1.16. The molecule has 1 atom stereocenters. The van der Waals surface area contributed by atoms with Crippen molar-refractivity contribution in [3.05, 3.63) is 17.8 Å². The molecule has 0 amide bonds. The standard InChI is InChI=1S/C9H15N3O/c1-3-8(13)6-10-9-4-7(2)5-11-12-9/h4-5,8,13H,3,6H2,1-2H3,(H,10,12). The van der Waals surface area contributed by atoms with Gasteiger partial charge in [-0.1, -0.05) is 6.92 Å². The Bertz CT molecular complexity index is 265. The Morgan fingerprint density at radius 1 is 1.62 bits per heavy atom. The van der Waals surface area contributed by atoms with Crippen LogP contribution in [0.2, 0.25) is 0 Å². The number of nitrogens with one attached hydrogen (secondary N) is 1. The Labute approximate surface area is 78.0 Å². The van der Waals surface area contributed by atoms with Crippen LogP contribution >= 0.6 is 0 Å². The molecule has 1 aromatic rings. The molecule has 0 aliphatic heterocycles. The second-order valence-corrected chi connectivity index (χ2v) is 3.06. The Morgan fingerprint density at radius 2 is 2.38 bits per heavy atom. The first-order valence-electron chi connectivity index (χ1n) is 4.43. The molecule has 0 aliphatic rings. The molecule has 1 heterocycles. The quantitative estimate of drug-likeness (QED) is 0.726. The molecule has 4 nitrogen and oxygen atoms in total. The molecule has 0 fully saturated rings. The number of hydrogen-bond acceptors (Lipinski definition) is 4. The van der Waals surface area contributed by atoms with Gasteiger partial charge in [0.25, 0.3) is 0 Å². The average Bonchev–Trinajstić information content (AvgIpc) is 2.14. The van der Waals surface area contributed by atoms with E-state index in [1.807, 2.05) is 19.9 Å². The van der Waals surface area contributed by atoms with Gasteiger partial charge in [0.05, 0.1) is 12.3 Å². The van der Waals surface area contributed by atoms with E-state index >= 15 is 0 Å². The highest BCUT2D eigenvalue weighted by molar-refractivity contribution is 5.34. The van der Waals surface area contributed by atoms with Crippen LogP contribution in [-0.4, -0.2) is 28.0 Å². The monoisotopic (exact) mass is 181 g/mol. The lowest BCUT2D eigenvalue weighted by Gasteiger charge is -2.09. The third kappa shape index (κ3) is 3.38. The summed E-state index contributed by atoms with van der Waals surface area (Å²) in [5, 5.41) is 20.0. The summed E-state index contributed by atoms with van der Waals surface area (Å²) in [5.41, 5.74) is 1.06. The van der Waals surface area contributed by atoms with E-state index in [0.717, 1.165) is 12.0 Å². The molecular weight excluding hydrogens is 166 g/mol. The van der Waals surface area contributed by atoms with Crippen LogP contribution in [0.3, 0.4) is 0 Å². The van der Waals surface area contributed by atoms with Crippen LogP contribution in [0.5, 0.6) is 0 Å². The van der Waals surface area contributed by atoms with E-state index in [1.54, 1.807) is 6.20 Å². The molecule has 0 saturated carbocycles. The summed E-state index contributed by atoms with van der Waals surface area (Å²) < 4.78 is 0. The number of aliphatic hydroxyl groups is 1. The first-order chi connectivity index (χ1) is 6.22.